The average molecular weight is 811 g/mol. The number of aromatic nitrogens is 4. The molecule has 2 N–H and O–H groups in total. The summed E-state index contributed by atoms with van der Waals surface area (Å²) in [7, 11) is -1.44. The maximum atomic E-state index is 17.3. The van der Waals surface area contributed by atoms with Crippen molar-refractivity contribution in [1.82, 2.24) is 25.1 Å². The highest BCUT2D eigenvalue weighted by Crippen LogP contribution is 2.60. The predicted molar refractivity (Wildman–Crippen MR) is 202 cm³/mol. The molecule has 3 atom stereocenters. The second-order valence-electron chi connectivity index (χ2n) is 17.6. The molecule has 0 radical (unpaired) electrons. The van der Waals surface area contributed by atoms with Crippen LogP contribution in [0.15, 0.2) is 18.3 Å². The molecular weight excluding hydrogens is 762 g/mol. The first-order valence-corrected chi connectivity index (χ1v) is 22.9. The molecule has 4 aromatic rings. The van der Waals surface area contributed by atoms with Crippen molar-refractivity contribution in [2.75, 3.05) is 50.9 Å². The molecule has 2 saturated carbocycles. The maximum Gasteiger partial charge on any atom is 0.417 e. The number of anilines is 1. The molecule has 0 amide bonds. The minimum absolute atomic E-state index is 0.0675. The van der Waals surface area contributed by atoms with E-state index in [1.54, 1.807) is 0 Å². The van der Waals surface area contributed by atoms with Gasteiger partial charge in [-0.05, 0) is 74.2 Å². The molecule has 1 unspecified atom stereocenters. The number of rotatable bonds is 15. The number of nitrogens with one attached hydrogen (secondary N) is 1. The fraction of sp³-hybridized carbons (Fsp3) is 0.615. The molecule has 9 nitrogen and oxygen atoms in total. The largest absolute Gasteiger partial charge is 0.463 e. The highest BCUT2D eigenvalue weighted by Gasteiger charge is 2.71. The standard InChI is InChI=1S/C39H49F7N6O3Si/c1-23-13-28-26(16-48-52(28)22-54-11-12-56(3,4)5)29(31(23)39(44,45)46)30-27(40)14-25-33(32(30)41)49-35(50-34(25)51-17-24-7-8-36(2,15-24)20-51)55-21-37(18-38(37,42)43)19-47-9-6-10-53/h13-14,16,24,47,53H,6-12,15,17-22H2,1-5H3/t24?,36-,37-/m1/s1. The Bertz CT molecular complexity index is 2130. The van der Waals surface area contributed by atoms with Crippen molar-refractivity contribution < 1.29 is 45.3 Å². The second-order valence-corrected chi connectivity index (χ2v) is 23.3. The van der Waals surface area contributed by atoms with E-state index < -0.39 is 78.5 Å². The van der Waals surface area contributed by atoms with E-state index in [9.17, 15) is 22.0 Å². The predicted octanol–water partition coefficient (Wildman–Crippen LogP) is 8.57. The molecule has 2 bridgehead atoms. The quantitative estimate of drug-likeness (QED) is 0.0701. The lowest BCUT2D eigenvalue weighted by atomic mass is 9.84. The number of halogens is 7. The van der Waals surface area contributed by atoms with Gasteiger partial charge in [0.2, 0.25) is 0 Å². The normalized spacial score (nSPS) is 23.4. The molecule has 3 aliphatic rings. The number of alkyl halides is 5. The molecule has 306 valence electrons. The van der Waals surface area contributed by atoms with Gasteiger partial charge in [0.25, 0.3) is 5.92 Å². The van der Waals surface area contributed by atoms with Crippen LogP contribution in [0.4, 0.5) is 36.6 Å². The van der Waals surface area contributed by atoms with Gasteiger partial charge in [0, 0.05) is 63.7 Å². The van der Waals surface area contributed by atoms with E-state index >= 15 is 8.78 Å². The Kier molecular flexibility index (Phi) is 10.7. The SMILES string of the molecule is Cc1cc2c(cnn2COCC[Si](C)(C)C)c(-c2c(F)cc3c(N4CC5CC[C@](C)(C5)C4)nc(OC[C@]4(CNCCCO)CC4(F)F)nc3c2F)c1C(F)(F)F. The van der Waals surface area contributed by atoms with E-state index in [1.807, 2.05) is 4.90 Å². The number of hydrogen-bond acceptors (Lipinski definition) is 8. The van der Waals surface area contributed by atoms with Crippen LogP contribution >= 0.6 is 0 Å². The Labute approximate surface area is 322 Å². The van der Waals surface area contributed by atoms with Gasteiger partial charge in [-0.25, -0.2) is 22.2 Å². The Morgan fingerprint density at radius 3 is 2.50 bits per heavy atom. The van der Waals surface area contributed by atoms with Gasteiger partial charge >= 0.3 is 12.2 Å². The summed E-state index contributed by atoms with van der Waals surface area (Å²) >= 11 is 0. The Hall–Kier alpha value is -3.54. The molecule has 7 rings (SSSR count). The Morgan fingerprint density at radius 1 is 1.09 bits per heavy atom. The summed E-state index contributed by atoms with van der Waals surface area (Å²) in [6.07, 6.45) is -1.13. The molecule has 1 aliphatic heterocycles. The van der Waals surface area contributed by atoms with Gasteiger partial charge in [0.1, 0.15) is 30.5 Å². The van der Waals surface area contributed by atoms with Crippen LogP contribution in [-0.2, 0) is 17.6 Å². The zero-order valence-corrected chi connectivity index (χ0v) is 33.4. The van der Waals surface area contributed by atoms with E-state index in [2.05, 4.69) is 46.9 Å². The van der Waals surface area contributed by atoms with Crippen LogP contribution in [0.25, 0.3) is 32.9 Å². The summed E-state index contributed by atoms with van der Waals surface area (Å²) in [5.74, 6) is -5.29. The summed E-state index contributed by atoms with van der Waals surface area (Å²) in [5.41, 5.74) is -5.18. The lowest BCUT2D eigenvalue weighted by Gasteiger charge is -2.39. The number of fused-ring (bicyclic) bond motifs is 4. The van der Waals surface area contributed by atoms with E-state index in [0.29, 0.717) is 32.7 Å². The van der Waals surface area contributed by atoms with Crippen molar-refractivity contribution in [3.05, 3.63) is 41.1 Å². The highest BCUT2D eigenvalue weighted by molar-refractivity contribution is 6.76. The molecule has 17 heteroatoms. The molecule has 1 saturated heterocycles. The summed E-state index contributed by atoms with van der Waals surface area (Å²) in [6, 6.07) is 2.65. The van der Waals surface area contributed by atoms with Crippen LogP contribution in [0.1, 0.15) is 50.2 Å². The zero-order chi connectivity index (χ0) is 40.4. The van der Waals surface area contributed by atoms with Gasteiger partial charge in [0.15, 0.2) is 5.82 Å². The van der Waals surface area contributed by atoms with E-state index in [4.69, 9.17) is 14.6 Å². The monoisotopic (exact) mass is 810 g/mol. The first-order valence-electron chi connectivity index (χ1n) is 19.2. The van der Waals surface area contributed by atoms with Gasteiger partial charge in [-0.3, -0.25) is 0 Å². The van der Waals surface area contributed by atoms with Crippen molar-refractivity contribution in [3.8, 4) is 17.1 Å². The molecule has 2 aliphatic carbocycles. The number of benzene rings is 2. The third kappa shape index (κ3) is 7.84. The lowest BCUT2D eigenvalue weighted by molar-refractivity contribution is -0.137. The average Bonchev–Trinajstić information content (AvgIpc) is 3.30. The number of piperidine rings is 1. The number of aryl methyl sites for hydroxylation is 1. The van der Waals surface area contributed by atoms with Crippen LogP contribution in [0.2, 0.25) is 25.7 Å². The van der Waals surface area contributed by atoms with Gasteiger partial charge in [-0.15, -0.1) is 0 Å². The third-order valence-electron chi connectivity index (χ3n) is 11.7. The number of ether oxygens (including phenoxy) is 2. The van der Waals surface area contributed by atoms with Gasteiger partial charge in [0.05, 0.1) is 28.3 Å². The summed E-state index contributed by atoms with van der Waals surface area (Å²) < 4.78 is 121. The third-order valence-corrected chi connectivity index (χ3v) is 13.4. The van der Waals surface area contributed by atoms with E-state index in [-0.39, 0.29) is 58.9 Å². The van der Waals surface area contributed by atoms with Crippen LogP contribution in [0, 0.1) is 35.3 Å². The summed E-state index contributed by atoms with van der Waals surface area (Å²) in [4.78, 5) is 10.7. The second kappa shape index (κ2) is 14.7. The fourth-order valence-corrected chi connectivity index (χ4v) is 9.32. The fourth-order valence-electron chi connectivity index (χ4n) is 8.57. The van der Waals surface area contributed by atoms with Crippen LogP contribution in [0.3, 0.4) is 0 Å². The molecule has 0 spiro atoms. The maximum absolute atomic E-state index is 17.3. The summed E-state index contributed by atoms with van der Waals surface area (Å²) in [5, 5.41) is 16.1. The van der Waals surface area contributed by atoms with Gasteiger partial charge in [-0.1, -0.05) is 26.6 Å². The van der Waals surface area contributed by atoms with Crippen molar-refractivity contribution in [2.24, 2.45) is 16.7 Å². The lowest BCUT2D eigenvalue weighted by Crippen LogP contribution is -2.42. The van der Waals surface area contributed by atoms with Gasteiger partial charge in [-0.2, -0.15) is 28.2 Å². The minimum atomic E-state index is -5.01. The van der Waals surface area contributed by atoms with Crippen molar-refractivity contribution in [1.29, 1.82) is 0 Å². The minimum Gasteiger partial charge on any atom is -0.463 e. The zero-order valence-electron chi connectivity index (χ0n) is 32.4. The molecular formula is C39H49F7N6O3Si. The van der Waals surface area contributed by atoms with Crippen LogP contribution in [0.5, 0.6) is 6.01 Å². The molecule has 56 heavy (non-hydrogen) atoms. The molecule has 3 heterocycles. The van der Waals surface area contributed by atoms with E-state index in [1.165, 1.54) is 17.7 Å². The molecule has 3 fully saturated rings. The summed E-state index contributed by atoms with van der Waals surface area (Å²) in [6.45, 7) is 10.8. The molecule has 2 aromatic carbocycles. The Balaban J connectivity index is 1.35. The first kappa shape index (κ1) is 40.6. The number of aliphatic hydroxyl groups excluding tert-OH is 1. The van der Waals surface area contributed by atoms with Crippen LogP contribution < -0.4 is 15.0 Å². The number of aliphatic hydroxyl groups is 1. The number of hydrogen-bond donors (Lipinski definition) is 2. The van der Waals surface area contributed by atoms with Crippen molar-refractivity contribution in [2.45, 2.75) is 90.5 Å². The first-order chi connectivity index (χ1) is 26.2. The van der Waals surface area contributed by atoms with E-state index in [0.717, 1.165) is 37.6 Å². The van der Waals surface area contributed by atoms with Gasteiger partial charge < -0.3 is 24.8 Å². The topological polar surface area (TPSA) is 97.6 Å². The van der Waals surface area contributed by atoms with Crippen LogP contribution in [-0.4, -0.2) is 84.9 Å². The Morgan fingerprint density at radius 2 is 1.84 bits per heavy atom. The molecule has 2 aromatic heterocycles. The van der Waals surface area contributed by atoms with Crippen molar-refractivity contribution >= 4 is 35.7 Å². The highest BCUT2D eigenvalue weighted by atomic mass is 28.3. The smallest absolute Gasteiger partial charge is 0.417 e. The number of nitrogens with zero attached hydrogens (tertiary/aromatic N) is 5. The van der Waals surface area contributed by atoms with Crippen molar-refractivity contribution in [3.63, 3.8) is 0 Å².